The van der Waals surface area contributed by atoms with Crippen molar-refractivity contribution in [2.75, 3.05) is 13.1 Å². The highest BCUT2D eigenvalue weighted by Gasteiger charge is 2.43. The van der Waals surface area contributed by atoms with Gasteiger partial charge in [0.25, 0.3) is 0 Å². The van der Waals surface area contributed by atoms with Crippen molar-refractivity contribution < 1.29 is 0 Å². The Morgan fingerprint density at radius 1 is 1.33 bits per heavy atom. The molecule has 2 fully saturated rings. The molecular weight excluding hydrogens is 264 g/mol. The molecule has 1 atom stereocenters. The van der Waals surface area contributed by atoms with Crippen LogP contribution >= 0.6 is 0 Å². The van der Waals surface area contributed by atoms with Crippen molar-refractivity contribution in [1.29, 1.82) is 0 Å². The Hall–Kier alpha value is -1.01. The Bertz CT molecular complexity index is 462. The van der Waals surface area contributed by atoms with Crippen LogP contribution in [0, 0.1) is 5.92 Å². The van der Waals surface area contributed by atoms with Gasteiger partial charge in [0.1, 0.15) is 0 Å². The number of aromatic nitrogens is 4. The number of aryl methyl sites for hydroxylation is 1. The van der Waals surface area contributed by atoms with Crippen molar-refractivity contribution >= 4 is 0 Å². The van der Waals surface area contributed by atoms with Crippen LogP contribution in [0.5, 0.6) is 0 Å². The molecule has 0 radical (unpaired) electrons. The second-order valence-electron chi connectivity index (χ2n) is 7.21. The van der Waals surface area contributed by atoms with E-state index in [1.54, 1.807) is 4.80 Å². The molecule has 6 nitrogen and oxygen atoms in total. The maximum Gasteiger partial charge on any atom is 0.188 e. The molecule has 1 aromatic rings. The minimum absolute atomic E-state index is 0.326. The fourth-order valence-electron chi connectivity index (χ4n) is 4.01. The highest BCUT2D eigenvalue weighted by Crippen LogP contribution is 2.38. The van der Waals surface area contributed by atoms with Crippen LogP contribution in [0.2, 0.25) is 0 Å². The lowest BCUT2D eigenvalue weighted by Crippen LogP contribution is -2.63. The molecule has 118 valence electrons. The molecule has 6 heteroatoms. The third kappa shape index (κ3) is 3.26. The first-order valence-corrected chi connectivity index (χ1v) is 8.29. The number of piperazine rings is 1. The molecular formula is C15H28N6. The number of hydrogen-bond acceptors (Lipinski definition) is 5. The van der Waals surface area contributed by atoms with Crippen LogP contribution in [0.1, 0.15) is 51.8 Å². The average Bonchev–Trinajstić information content (AvgIpc) is 3.04. The number of hydrogen-bond donors (Lipinski definition) is 1. The van der Waals surface area contributed by atoms with Gasteiger partial charge >= 0.3 is 0 Å². The average molecular weight is 292 g/mol. The normalized spacial score (nSPS) is 26.0. The predicted octanol–water partition coefficient (Wildman–Crippen LogP) is 1.34. The number of nitrogens with zero attached hydrogens (tertiary/aromatic N) is 5. The van der Waals surface area contributed by atoms with E-state index in [-0.39, 0.29) is 0 Å². The van der Waals surface area contributed by atoms with Gasteiger partial charge in [-0.15, -0.1) is 10.2 Å². The molecule has 1 aliphatic heterocycles. The summed E-state index contributed by atoms with van der Waals surface area (Å²) in [5.41, 5.74) is 0.326. The van der Waals surface area contributed by atoms with Gasteiger partial charge < -0.3 is 5.32 Å². The first-order valence-electron chi connectivity index (χ1n) is 8.29. The zero-order valence-electron chi connectivity index (χ0n) is 13.5. The topological polar surface area (TPSA) is 58.9 Å². The summed E-state index contributed by atoms with van der Waals surface area (Å²) in [7, 11) is 1.83. The van der Waals surface area contributed by atoms with Gasteiger partial charge in [-0.05, 0) is 30.4 Å². The smallest absolute Gasteiger partial charge is 0.188 e. The molecule has 21 heavy (non-hydrogen) atoms. The quantitative estimate of drug-likeness (QED) is 0.907. The van der Waals surface area contributed by atoms with Crippen molar-refractivity contribution in [2.24, 2.45) is 13.0 Å². The standard InChI is InChI=1S/C15H28N6/c1-12(2)8-13-9-21(10-14-17-19-20(3)18-14)15(11-16-13)6-4-5-7-15/h12-13,16H,4-11H2,1-3H3. The number of nitrogens with one attached hydrogen (secondary N) is 1. The summed E-state index contributed by atoms with van der Waals surface area (Å²) in [5, 5.41) is 16.3. The van der Waals surface area contributed by atoms with Gasteiger partial charge in [-0.25, -0.2) is 0 Å². The molecule has 0 aromatic carbocycles. The van der Waals surface area contributed by atoms with E-state index in [1.807, 2.05) is 7.05 Å². The fourth-order valence-corrected chi connectivity index (χ4v) is 4.01. The first kappa shape index (κ1) is 14.9. The zero-order chi connectivity index (χ0) is 14.9. The lowest BCUT2D eigenvalue weighted by atomic mass is 9.89. The largest absolute Gasteiger partial charge is 0.311 e. The number of rotatable bonds is 4. The van der Waals surface area contributed by atoms with Crippen molar-refractivity contribution in [3.05, 3.63) is 5.82 Å². The monoisotopic (exact) mass is 292 g/mol. The summed E-state index contributed by atoms with van der Waals surface area (Å²) in [6, 6.07) is 0.591. The van der Waals surface area contributed by atoms with Crippen LogP contribution in [-0.2, 0) is 13.6 Å². The summed E-state index contributed by atoms with van der Waals surface area (Å²) in [4.78, 5) is 4.20. The van der Waals surface area contributed by atoms with E-state index in [1.165, 1.54) is 32.1 Å². The molecule has 1 saturated heterocycles. The van der Waals surface area contributed by atoms with E-state index in [0.717, 1.165) is 31.4 Å². The van der Waals surface area contributed by atoms with Crippen LogP contribution < -0.4 is 5.32 Å². The Morgan fingerprint density at radius 2 is 2.10 bits per heavy atom. The van der Waals surface area contributed by atoms with E-state index in [0.29, 0.717) is 11.6 Å². The summed E-state index contributed by atoms with van der Waals surface area (Å²) in [5.74, 6) is 1.59. The summed E-state index contributed by atoms with van der Waals surface area (Å²) < 4.78 is 0. The minimum atomic E-state index is 0.326. The van der Waals surface area contributed by atoms with Gasteiger partial charge in [0.15, 0.2) is 5.82 Å². The molecule has 1 N–H and O–H groups in total. The van der Waals surface area contributed by atoms with E-state index in [9.17, 15) is 0 Å². The van der Waals surface area contributed by atoms with Crippen LogP contribution in [0.25, 0.3) is 0 Å². The lowest BCUT2D eigenvalue weighted by Gasteiger charge is -2.48. The SMILES string of the molecule is CC(C)CC1CN(Cc2nnn(C)n2)C2(CCCC2)CN1. The third-order valence-corrected chi connectivity index (χ3v) is 5.00. The van der Waals surface area contributed by atoms with Crippen molar-refractivity contribution in [3.8, 4) is 0 Å². The van der Waals surface area contributed by atoms with Crippen LogP contribution in [0.4, 0.5) is 0 Å². The molecule has 3 rings (SSSR count). The van der Waals surface area contributed by atoms with Crippen LogP contribution in [0.3, 0.4) is 0 Å². The Kier molecular flexibility index (Phi) is 4.26. The Balaban J connectivity index is 1.73. The molecule has 1 aliphatic carbocycles. The van der Waals surface area contributed by atoms with Crippen LogP contribution in [-0.4, -0.2) is 49.8 Å². The van der Waals surface area contributed by atoms with Crippen molar-refractivity contribution in [2.45, 2.75) is 64.1 Å². The van der Waals surface area contributed by atoms with Crippen molar-refractivity contribution in [3.63, 3.8) is 0 Å². The lowest BCUT2D eigenvalue weighted by molar-refractivity contribution is 0.0293. The molecule has 1 saturated carbocycles. The molecule has 0 amide bonds. The molecule has 2 aliphatic rings. The summed E-state index contributed by atoms with van der Waals surface area (Å²) >= 11 is 0. The number of tetrazole rings is 1. The van der Waals surface area contributed by atoms with Gasteiger partial charge in [0.2, 0.25) is 0 Å². The summed E-state index contributed by atoms with van der Waals surface area (Å²) in [6.07, 6.45) is 6.53. The van der Waals surface area contributed by atoms with Gasteiger partial charge in [-0.2, -0.15) is 4.80 Å². The Labute approximate surface area is 127 Å². The predicted molar refractivity (Wildman–Crippen MR) is 81.7 cm³/mol. The molecule has 0 bridgehead atoms. The molecule has 2 heterocycles. The van der Waals surface area contributed by atoms with Gasteiger partial charge in [-0.1, -0.05) is 26.7 Å². The van der Waals surface area contributed by atoms with Crippen LogP contribution in [0.15, 0.2) is 0 Å². The first-order chi connectivity index (χ1) is 10.1. The Morgan fingerprint density at radius 3 is 2.71 bits per heavy atom. The van der Waals surface area contributed by atoms with Gasteiger partial charge in [0.05, 0.1) is 13.6 Å². The fraction of sp³-hybridized carbons (Fsp3) is 0.933. The van der Waals surface area contributed by atoms with Gasteiger partial charge in [-0.3, -0.25) is 4.90 Å². The molecule has 1 spiro atoms. The summed E-state index contributed by atoms with van der Waals surface area (Å²) in [6.45, 7) is 7.66. The second-order valence-corrected chi connectivity index (χ2v) is 7.21. The highest BCUT2D eigenvalue weighted by atomic mass is 15.6. The third-order valence-electron chi connectivity index (χ3n) is 5.00. The van der Waals surface area contributed by atoms with E-state index < -0.39 is 0 Å². The second kappa shape index (κ2) is 6.01. The van der Waals surface area contributed by atoms with Crippen molar-refractivity contribution in [1.82, 2.24) is 30.4 Å². The van der Waals surface area contributed by atoms with E-state index >= 15 is 0 Å². The molecule has 1 aromatic heterocycles. The molecule has 1 unspecified atom stereocenters. The maximum atomic E-state index is 4.38. The minimum Gasteiger partial charge on any atom is -0.311 e. The maximum absolute atomic E-state index is 4.38. The van der Waals surface area contributed by atoms with E-state index in [4.69, 9.17) is 0 Å². The van der Waals surface area contributed by atoms with E-state index in [2.05, 4.69) is 39.5 Å². The zero-order valence-corrected chi connectivity index (χ0v) is 13.5. The van der Waals surface area contributed by atoms with Gasteiger partial charge in [0, 0.05) is 24.7 Å². The highest BCUT2D eigenvalue weighted by molar-refractivity contribution is 5.03.